The Labute approximate surface area is 376 Å². The van der Waals surface area contributed by atoms with Gasteiger partial charge >= 0.3 is 0 Å². The molecule has 0 spiro atoms. The zero-order chi connectivity index (χ0) is 42.8. The van der Waals surface area contributed by atoms with Gasteiger partial charge in [-0.1, -0.05) is 244 Å². The van der Waals surface area contributed by atoms with E-state index in [4.69, 9.17) is 0 Å². The summed E-state index contributed by atoms with van der Waals surface area (Å²) < 4.78 is 0. The van der Waals surface area contributed by atoms with Gasteiger partial charge in [-0.2, -0.15) is 0 Å². The van der Waals surface area contributed by atoms with Crippen molar-refractivity contribution in [2.45, 2.75) is 19.3 Å². The molecule has 0 atom stereocenters. The number of hydrogen-bond acceptors (Lipinski definition) is 0. The smallest absolute Gasteiger partial charge is 0.0623 e. The molecule has 0 fully saturated rings. The highest BCUT2D eigenvalue weighted by Crippen LogP contribution is 2.51. The summed E-state index contributed by atoms with van der Waals surface area (Å²) in [5.74, 6) is 0. The van der Waals surface area contributed by atoms with E-state index < -0.39 is 8.07 Å². The van der Waals surface area contributed by atoms with Crippen molar-refractivity contribution < 1.29 is 0 Å². The normalized spacial score (nSPS) is 13.0. The maximum Gasteiger partial charge on any atom is 0.179 e. The first-order chi connectivity index (χ1) is 31.5. The van der Waals surface area contributed by atoms with Crippen molar-refractivity contribution >= 4 is 61.1 Å². The lowest BCUT2D eigenvalue weighted by molar-refractivity contribution is 0.660. The fourth-order valence-electron chi connectivity index (χ4n) is 11.3. The molecule has 0 saturated carbocycles. The first-order valence-electron chi connectivity index (χ1n) is 22.5. The van der Waals surface area contributed by atoms with Crippen LogP contribution in [0.5, 0.6) is 0 Å². The van der Waals surface area contributed by atoms with Gasteiger partial charge < -0.3 is 0 Å². The third-order valence-electron chi connectivity index (χ3n) is 14.2. The van der Waals surface area contributed by atoms with Crippen LogP contribution in [0.2, 0.25) is 0 Å². The van der Waals surface area contributed by atoms with E-state index in [1.165, 1.54) is 109 Å². The van der Waals surface area contributed by atoms with Crippen molar-refractivity contribution in [2.75, 3.05) is 0 Å². The summed E-state index contributed by atoms with van der Waals surface area (Å²) in [6.45, 7) is 4.77. The first-order valence-corrected chi connectivity index (χ1v) is 24.5. The molecule has 0 N–H and O–H groups in total. The van der Waals surface area contributed by atoms with E-state index in [-0.39, 0.29) is 5.41 Å². The molecule has 11 aromatic rings. The molecule has 0 heterocycles. The lowest BCUT2D eigenvalue weighted by atomic mass is 9.80. The number of benzene rings is 11. The highest BCUT2D eigenvalue weighted by Gasteiger charge is 2.41. The average molecular weight is 831 g/mol. The molecule has 0 aliphatic heterocycles. The number of fused-ring (bicyclic) bond motifs is 6. The van der Waals surface area contributed by atoms with Crippen molar-refractivity contribution in [1.82, 2.24) is 0 Å². The van der Waals surface area contributed by atoms with Crippen LogP contribution in [0, 0.1) is 0 Å². The minimum absolute atomic E-state index is 0.110. The van der Waals surface area contributed by atoms with E-state index in [1.54, 1.807) is 0 Å². The van der Waals surface area contributed by atoms with Crippen LogP contribution >= 0.6 is 0 Å². The van der Waals surface area contributed by atoms with Crippen LogP contribution < -0.4 is 20.7 Å². The summed E-state index contributed by atoms with van der Waals surface area (Å²) in [5, 5.41) is 13.1. The monoisotopic (exact) mass is 830 g/mol. The minimum Gasteiger partial charge on any atom is -0.0623 e. The van der Waals surface area contributed by atoms with Gasteiger partial charge in [0.25, 0.3) is 0 Å². The molecular formula is C63H46Si. The highest BCUT2D eigenvalue weighted by atomic mass is 28.3. The lowest BCUT2D eigenvalue weighted by Gasteiger charge is -2.34. The van der Waals surface area contributed by atoms with Gasteiger partial charge in [-0.15, -0.1) is 0 Å². The number of rotatable bonds is 7. The van der Waals surface area contributed by atoms with E-state index in [2.05, 4.69) is 257 Å². The molecule has 12 rings (SSSR count). The number of hydrogen-bond donors (Lipinski definition) is 0. The van der Waals surface area contributed by atoms with Gasteiger partial charge in [0, 0.05) is 5.41 Å². The van der Waals surface area contributed by atoms with Gasteiger partial charge in [0.2, 0.25) is 0 Å². The quantitative estimate of drug-likeness (QED) is 0.0853. The summed E-state index contributed by atoms with van der Waals surface area (Å²) >= 11 is 0. The maximum absolute atomic E-state index is 2.70. The molecule has 0 nitrogen and oxygen atoms in total. The van der Waals surface area contributed by atoms with Crippen LogP contribution in [0.4, 0.5) is 0 Å². The van der Waals surface area contributed by atoms with Gasteiger partial charge in [0.05, 0.1) is 0 Å². The summed E-state index contributed by atoms with van der Waals surface area (Å²) in [7, 11) is -2.70. The predicted molar refractivity (Wildman–Crippen MR) is 276 cm³/mol. The van der Waals surface area contributed by atoms with E-state index >= 15 is 0 Å². The molecule has 1 heteroatoms. The van der Waals surface area contributed by atoms with Crippen LogP contribution in [0.1, 0.15) is 25.0 Å². The highest BCUT2D eigenvalue weighted by molar-refractivity contribution is 7.19. The van der Waals surface area contributed by atoms with Crippen LogP contribution in [0.25, 0.3) is 76.8 Å². The molecule has 0 radical (unpaired) electrons. The molecule has 1 aliphatic carbocycles. The average Bonchev–Trinajstić information content (AvgIpc) is 3.59. The second kappa shape index (κ2) is 15.1. The summed E-state index contributed by atoms with van der Waals surface area (Å²) in [5.41, 5.74) is 12.9. The first kappa shape index (κ1) is 38.1. The predicted octanol–water partition coefficient (Wildman–Crippen LogP) is 13.8. The summed E-state index contributed by atoms with van der Waals surface area (Å²) in [6, 6.07) is 91.3. The van der Waals surface area contributed by atoms with Crippen molar-refractivity contribution in [3.05, 3.63) is 254 Å². The van der Waals surface area contributed by atoms with Crippen LogP contribution in [0.15, 0.2) is 243 Å². The molecule has 11 aromatic carbocycles. The third-order valence-corrected chi connectivity index (χ3v) is 19.0. The zero-order valence-electron chi connectivity index (χ0n) is 36.1. The third kappa shape index (κ3) is 5.81. The SMILES string of the molecule is CC1(C)c2ccccc2-c2ccc(-c3c4ccccc4c(-c4ccc([Si](c5ccccc5)(c5ccccc5)c5ccccc5)cc4)c4ccc(-c5cccc6ccccc56)cc34)cc21. The standard InChI is InChI=1S/C63H46Si/c1-63(2)59-32-17-16-28-53(59)54-39-36-46(42-60(54)63)62-56-30-15-14-29-55(56)61(57-40-35-45(41-58(57)62)52-31-18-20-43-19-12-13-27-51(43)52)44-33-37-50(38-34-44)64(47-21-6-3-7-22-47,48-23-8-4-9-24-48)49-25-10-5-11-26-49/h3-42H,1-2H3. The minimum atomic E-state index is -2.70. The molecule has 0 aromatic heterocycles. The van der Waals surface area contributed by atoms with Crippen molar-refractivity contribution in [2.24, 2.45) is 0 Å². The second-order valence-electron chi connectivity index (χ2n) is 17.9. The largest absolute Gasteiger partial charge is 0.179 e. The Kier molecular flexibility index (Phi) is 8.96. The Balaban J connectivity index is 1.12. The Bertz CT molecular complexity index is 3450. The second-order valence-corrected chi connectivity index (χ2v) is 21.7. The molecule has 1 aliphatic rings. The van der Waals surface area contributed by atoms with E-state index in [0.717, 1.165) is 0 Å². The maximum atomic E-state index is 2.50. The molecule has 302 valence electrons. The van der Waals surface area contributed by atoms with E-state index in [0.29, 0.717) is 0 Å². The summed E-state index contributed by atoms with van der Waals surface area (Å²) in [6.07, 6.45) is 0. The van der Waals surface area contributed by atoms with Crippen molar-refractivity contribution in [3.63, 3.8) is 0 Å². The molecule has 0 bridgehead atoms. The van der Waals surface area contributed by atoms with Gasteiger partial charge in [-0.05, 0) is 121 Å². The van der Waals surface area contributed by atoms with Crippen LogP contribution in [0.3, 0.4) is 0 Å². The lowest BCUT2D eigenvalue weighted by Crippen LogP contribution is -2.74. The Hall–Kier alpha value is -7.58. The van der Waals surface area contributed by atoms with Crippen molar-refractivity contribution in [1.29, 1.82) is 0 Å². The Morgan fingerprint density at radius 2 is 0.734 bits per heavy atom. The van der Waals surface area contributed by atoms with Gasteiger partial charge in [0.1, 0.15) is 0 Å². The molecule has 0 saturated heterocycles. The fourth-order valence-corrected chi connectivity index (χ4v) is 16.0. The van der Waals surface area contributed by atoms with E-state index in [1.807, 2.05) is 0 Å². The van der Waals surface area contributed by atoms with Crippen molar-refractivity contribution in [3.8, 4) is 44.5 Å². The molecule has 0 amide bonds. The molecule has 64 heavy (non-hydrogen) atoms. The summed E-state index contributed by atoms with van der Waals surface area (Å²) in [4.78, 5) is 0. The zero-order valence-corrected chi connectivity index (χ0v) is 37.1. The molecule has 0 unspecified atom stereocenters. The Morgan fingerprint density at radius 1 is 0.281 bits per heavy atom. The van der Waals surface area contributed by atoms with E-state index in [9.17, 15) is 0 Å². The fraction of sp³-hybridized carbons (Fsp3) is 0.0476. The Morgan fingerprint density at radius 3 is 1.39 bits per heavy atom. The van der Waals surface area contributed by atoms with Gasteiger partial charge in [0.15, 0.2) is 8.07 Å². The van der Waals surface area contributed by atoms with Crippen LogP contribution in [-0.4, -0.2) is 8.07 Å². The van der Waals surface area contributed by atoms with Gasteiger partial charge in [-0.3, -0.25) is 0 Å². The topological polar surface area (TPSA) is 0 Å². The molecular weight excluding hydrogens is 785 g/mol. The van der Waals surface area contributed by atoms with Gasteiger partial charge in [-0.25, -0.2) is 0 Å². The van der Waals surface area contributed by atoms with Crippen LogP contribution in [-0.2, 0) is 5.41 Å².